The van der Waals surface area contributed by atoms with Crippen LogP contribution in [0.2, 0.25) is 0 Å². The molecule has 1 aromatic heterocycles. The van der Waals surface area contributed by atoms with Crippen LogP contribution in [0, 0.1) is 0 Å². The Morgan fingerprint density at radius 2 is 1.81 bits per heavy atom. The van der Waals surface area contributed by atoms with Gasteiger partial charge in [0.25, 0.3) is 5.91 Å². The molecule has 3 rings (SSSR count). The molecule has 0 aliphatic carbocycles. The zero-order chi connectivity index (χ0) is 18.5. The molecule has 1 unspecified atom stereocenters. The molecule has 1 N–H and O–H groups in total. The number of aromatic nitrogens is 2. The van der Waals surface area contributed by atoms with Crippen LogP contribution in [0.5, 0.6) is 11.5 Å². The summed E-state index contributed by atoms with van der Waals surface area (Å²) in [4.78, 5) is 16.7. The largest absolute Gasteiger partial charge is 0.497 e. The fraction of sp³-hybridized carbons (Fsp3) is 0.211. The Labute approximate surface area is 150 Å². The van der Waals surface area contributed by atoms with E-state index in [0.717, 1.165) is 11.3 Å². The number of benzene rings is 2. The van der Waals surface area contributed by atoms with Crippen molar-refractivity contribution >= 4 is 5.91 Å². The summed E-state index contributed by atoms with van der Waals surface area (Å²) >= 11 is 0. The molecule has 1 heterocycles. The predicted octanol–water partition coefficient (Wildman–Crippen LogP) is 3.24. The number of hydrogen-bond acceptors (Lipinski definition) is 6. The molecule has 0 fully saturated rings. The highest BCUT2D eigenvalue weighted by Gasteiger charge is 2.18. The van der Waals surface area contributed by atoms with Crippen LogP contribution in [0.25, 0.3) is 11.4 Å². The van der Waals surface area contributed by atoms with E-state index in [0.29, 0.717) is 23.0 Å². The SMILES string of the molecule is COc1ccc(-c2noc(C(C)NC(=O)c3cccc(OC)c3)n2)cc1. The van der Waals surface area contributed by atoms with Gasteiger partial charge in [0.1, 0.15) is 17.5 Å². The van der Waals surface area contributed by atoms with Crippen molar-refractivity contribution in [2.45, 2.75) is 13.0 Å². The molecule has 0 aliphatic heterocycles. The number of amides is 1. The molecule has 0 bridgehead atoms. The van der Waals surface area contributed by atoms with Crippen molar-refractivity contribution in [3.05, 3.63) is 60.0 Å². The number of nitrogens with zero attached hydrogens (tertiary/aromatic N) is 2. The fourth-order valence-corrected chi connectivity index (χ4v) is 2.37. The van der Waals surface area contributed by atoms with E-state index in [1.54, 1.807) is 45.4 Å². The third-order valence-electron chi connectivity index (χ3n) is 3.84. The fourth-order valence-electron chi connectivity index (χ4n) is 2.37. The maximum atomic E-state index is 12.4. The summed E-state index contributed by atoms with van der Waals surface area (Å²) in [6.45, 7) is 1.78. The van der Waals surface area contributed by atoms with Gasteiger partial charge in [0.15, 0.2) is 0 Å². The van der Waals surface area contributed by atoms with Crippen LogP contribution in [-0.4, -0.2) is 30.3 Å². The van der Waals surface area contributed by atoms with Crippen molar-refractivity contribution in [1.29, 1.82) is 0 Å². The smallest absolute Gasteiger partial charge is 0.252 e. The Morgan fingerprint density at radius 1 is 1.08 bits per heavy atom. The van der Waals surface area contributed by atoms with Gasteiger partial charge >= 0.3 is 0 Å². The summed E-state index contributed by atoms with van der Waals surface area (Å²) in [5, 5.41) is 6.81. The Balaban J connectivity index is 1.70. The number of rotatable bonds is 6. The van der Waals surface area contributed by atoms with Crippen LogP contribution in [0.1, 0.15) is 29.2 Å². The molecule has 134 valence electrons. The van der Waals surface area contributed by atoms with E-state index in [1.807, 2.05) is 24.3 Å². The van der Waals surface area contributed by atoms with E-state index in [9.17, 15) is 4.79 Å². The summed E-state index contributed by atoms with van der Waals surface area (Å²) < 4.78 is 15.6. The average Bonchev–Trinajstić information content (AvgIpc) is 3.18. The normalized spacial score (nSPS) is 11.7. The molecule has 0 spiro atoms. The van der Waals surface area contributed by atoms with E-state index in [-0.39, 0.29) is 5.91 Å². The quantitative estimate of drug-likeness (QED) is 0.732. The molecule has 1 amide bonds. The topological polar surface area (TPSA) is 86.5 Å². The van der Waals surface area contributed by atoms with Gasteiger partial charge in [-0.15, -0.1) is 0 Å². The lowest BCUT2D eigenvalue weighted by Gasteiger charge is -2.10. The van der Waals surface area contributed by atoms with Gasteiger partial charge in [0.2, 0.25) is 11.7 Å². The minimum atomic E-state index is -0.437. The number of ether oxygens (including phenoxy) is 2. The molecule has 7 heteroatoms. The zero-order valence-electron chi connectivity index (χ0n) is 14.7. The van der Waals surface area contributed by atoms with Gasteiger partial charge in [0.05, 0.1) is 14.2 Å². The Bertz CT molecular complexity index is 890. The van der Waals surface area contributed by atoms with Gasteiger partial charge in [-0.3, -0.25) is 4.79 Å². The molecule has 3 aromatic rings. The number of methoxy groups -OCH3 is 2. The second-order valence-electron chi connectivity index (χ2n) is 5.61. The lowest BCUT2D eigenvalue weighted by molar-refractivity contribution is 0.0932. The monoisotopic (exact) mass is 353 g/mol. The summed E-state index contributed by atoms with van der Waals surface area (Å²) in [7, 11) is 3.16. The third-order valence-corrected chi connectivity index (χ3v) is 3.84. The molecule has 1 atom stereocenters. The number of carbonyl (C=O) groups excluding carboxylic acids is 1. The predicted molar refractivity (Wildman–Crippen MR) is 95.2 cm³/mol. The maximum Gasteiger partial charge on any atom is 0.252 e. The van der Waals surface area contributed by atoms with Gasteiger partial charge in [-0.1, -0.05) is 11.2 Å². The molecule has 0 saturated carbocycles. The minimum absolute atomic E-state index is 0.249. The van der Waals surface area contributed by atoms with Crippen LogP contribution in [-0.2, 0) is 0 Å². The van der Waals surface area contributed by atoms with Crippen molar-refractivity contribution in [3.63, 3.8) is 0 Å². The van der Waals surface area contributed by atoms with Crippen LogP contribution < -0.4 is 14.8 Å². The highest BCUT2D eigenvalue weighted by Crippen LogP contribution is 2.22. The van der Waals surface area contributed by atoms with Gasteiger partial charge < -0.3 is 19.3 Å². The van der Waals surface area contributed by atoms with E-state index < -0.39 is 6.04 Å². The number of hydrogen-bond donors (Lipinski definition) is 1. The lowest BCUT2D eigenvalue weighted by Crippen LogP contribution is -2.26. The van der Waals surface area contributed by atoms with Gasteiger partial charge in [0, 0.05) is 11.1 Å². The Morgan fingerprint density at radius 3 is 2.50 bits per heavy atom. The van der Waals surface area contributed by atoms with E-state index in [1.165, 1.54) is 0 Å². The van der Waals surface area contributed by atoms with Crippen LogP contribution in [0.4, 0.5) is 0 Å². The molecule has 26 heavy (non-hydrogen) atoms. The first-order valence-electron chi connectivity index (χ1n) is 8.03. The third kappa shape index (κ3) is 3.83. The maximum absolute atomic E-state index is 12.4. The van der Waals surface area contributed by atoms with Crippen LogP contribution in [0.3, 0.4) is 0 Å². The van der Waals surface area contributed by atoms with Gasteiger partial charge in [-0.05, 0) is 49.4 Å². The molecule has 2 aromatic carbocycles. The standard InChI is InChI=1S/C19H19N3O4/c1-12(20-18(23)14-5-4-6-16(11-14)25-3)19-21-17(22-26-19)13-7-9-15(24-2)10-8-13/h4-12H,1-3H3,(H,20,23). The van der Waals surface area contributed by atoms with Crippen molar-refractivity contribution in [2.75, 3.05) is 14.2 Å². The van der Waals surface area contributed by atoms with Crippen molar-refractivity contribution < 1.29 is 18.8 Å². The van der Waals surface area contributed by atoms with Gasteiger partial charge in [-0.2, -0.15) is 4.98 Å². The zero-order valence-corrected chi connectivity index (χ0v) is 14.7. The first kappa shape index (κ1) is 17.5. The first-order chi connectivity index (χ1) is 12.6. The first-order valence-corrected chi connectivity index (χ1v) is 8.03. The number of carbonyl (C=O) groups is 1. The Hall–Kier alpha value is -3.35. The second kappa shape index (κ2) is 7.69. The number of nitrogens with one attached hydrogen (secondary N) is 1. The molecule has 0 saturated heterocycles. The highest BCUT2D eigenvalue weighted by molar-refractivity contribution is 5.94. The molecular weight excluding hydrogens is 334 g/mol. The van der Waals surface area contributed by atoms with E-state index in [2.05, 4.69) is 15.5 Å². The summed E-state index contributed by atoms with van der Waals surface area (Å²) in [5.41, 5.74) is 1.29. The van der Waals surface area contributed by atoms with E-state index >= 15 is 0 Å². The van der Waals surface area contributed by atoms with Crippen molar-refractivity contribution in [1.82, 2.24) is 15.5 Å². The molecule has 0 aliphatic rings. The minimum Gasteiger partial charge on any atom is -0.497 e. The summed E-state index contributed by atoms with van der Waals surface area (Å²) in [6.07, 6.45) is 0. The Kier molecular flexibility index (Phi) is 5.17. The second-order valence-corrected chi connectivity index (χ2v) is 5.61. The van der Waals surface area contributed by atoms with Crippen LogP contribution in [0.15, 0.2) is 53.1 Å². The van der Waals surface area contributed by atoms with E-state index in [4.69, 9.17) is 14.0 Å². The summed E-state index contributed by atoms with van der Waals surface area (Å²) in [5.74, 6) is 1.89. The average molecular weight is 353 g/mol. The highest BCUT2D eigenvalue weighted by atomic mass is 16.5. The molecular formula is C19H19N3O4. The van der Waals surface area contributed by atoms with Crippen molar-refractivity contribution in [3.8, 4) is 22.9 Å². The molecule has 7 nitrogen and oxygen atoms in total. The van der Waals surface area contributed by atoms with Crippen molar-refractivity contribution in [2.24, 2.45) is 0 Å². The summed E-state index contributed by atoms with van der Waals surface area (Å²) in [6, 6.07) is 13.8. The van der Waals surface area contributed by atoms with Crippen LogP contribution >= 0.6 is 0 Å². The lowest BCUT2D eigenvalue weighted by atomic mass is 10.2. The molecule has 0 radical (unpaired) electrons. The van der Waals surface area contributed by atoms with Gasteiger partial charge in [-0.25, -0.2) is 0 Å².